The summed E-state index contributed by atoms with van der Waals surface area (Å²) in [6.07, 6.45) is -1.15. The minimum Gasteiger partial charge on any atom is -0.465 e. The van der Waals surface area contributed by atoms with E-state index in [-0.39, 0.29) is 6.61 Å². The summed E-state index contributed by atoms with van der Waals surface area (Å²) in [5.41, 5.74) is 0.726. The predicted molar refractivity (Wildman–Crippen MR) is 55.1 cm³/mol. The zero-order chi connectivity index (χ0) is 10.6. The van der Waals surface area contributed by atoms with Gasteiger partial charge in [-0.2, -0.15) is 0 Å². The van der Waals surface area contributed by atoms with Gasteiger partial charge in [-0.25, -0.2) is 4.79 Å². The van der Waals surface area contributed by atoms with Crippen LogP contribution in [0.15, 0.2) is 28.7 Å². The van der Waals surface area contributed by atoms with Crippen LogP contribution in [0.1, 0.15) is 11.6 Å². The van der Waals surface area contributed by atoms with Crippen molar-refractivity contribution in [3.63, 3.8) is 0 Å². The molecule has 0 saturated carbocycles. The van der Waals surface area contributed by atoms with Crippen LogP contribution in [0, 0.1) is 0 Å². The molecular weight excluding hydrogens is 250 g/mol. The highest BCUT2D eigenvalue weighted by Gasteiger charge is 2.12. The molecule has 1 amide bonds. The Kier molecular flexibility index (Phi) is 3.91. The number of amides is 1. The largest absolute Gasteiger partial charge is 0.465 e. The number of rotatable bonds is 3. The fraction of sp³-hybridized carbons (Fsp3) is 0.222. The van der Waals surface area contributed by atoms with Gasteiger partial charge in [-0.05, 0) is 17.7 Å². The fourth-order valence-electron chi connectivity index (χ4n) is 1.11. The number of nitrogens with one attached hydrogen (secondary N) is 1. The van der Waals surface area contributed by atoms with Crippen LogP contribution in [0.25, 0.3) is 0 Å². The van der Waals surface area contributed by atoms with E-state index in [1.165, 1.54) is 0 Å². The molecule has 0 bridgehead atoms. The Balaban J connectivity index is 2.83. The molecule has 0 aliphatic heterocycles. The first kappa shape index (κ1) is 11.0. The quantitative estimate of drug-likeness (QED) is 0.775. The molecule has 0 spiro atoms. The zero-order valence-corrected chi connectivity index (χ0v) is 8.86. The number of halogens is 1. The van der Waals surface area contributed by atoms with Crippen LogP contribution in [0.5, 0.6) is 0 Å². The number of benzene rings is 1. The first-order chi connectivity index (χ1) is 6.63. The van der Waals surface area contributed by atoms with Crippen molar-refractivity contribution >= 4 is 22.0 Å². The summed E-state index contributed by atoms with van der Waals surface area (Å²) < 4.78 is 0.848. The molecule has 1 aromatic carbocycles. The van der Waals surface area contributed by atoms with Crippen LogP contribution < -0.4 is 5.32 Å². The summed E-state index contributed by atoms with van der Waals surface area (Å²) >= 11 is 3.27. The molecule has 0 fully saturated rings. The van der Waals surface area contributed by atoms with E-state index in [1.807, 2.05) is 6.07 Å². The molecule has 1 atom stereocenters. The smallest absolute Gasteiger partial charge is 0.405 e. The van der Waals surface area contributed by atoms with Crippen molar-refractivity contribution < 1.29 is 15.0 Å². The number of hydrogen-bond donors (Lipinski definition) is 3. The second-order valence-electron chi connectivity index (χ2n) is 2.74. The fourth-order valence-corrected chi connectivity index (χ4v) is 1.52. The summed E-state index contributed by atoms with van der Waals surface area (Å²) in [4.78, 5) is 10.4. The van der Waals surface area contributed by atoms with Crippen LogP contribution in [-0.4, -0.2) is 22.9 Å². The van der Waals surface area contributed by atoms with Crippen molar-refractivity contribution in [2.24, 2.45) is 0 Å². The SMILES string of the molecule is O=C(O)NC(CO)c1cccc(Br)c1. The van der Waals surface area contributed by atoms with Crippen molar-refractivity contribution in [2.75, 3.05) is 6.61 Å². The number of hydrogen-bond acceptors (Lipinski definition) is 2. The molecule has 3 N–H and O–H groups in total. The molecule has 0 radical (unpaired) electrons. The van der Waals surface area contributed by atoms with Crippen LogP contribution in [0.2, 0.25) is 0 Å². The molecule has 0 heterocycles. The molecule has 5 heteroatoms. The van der Waals surface area contributed by atoms with E-state index in [4.69, 9.17) is 10.2 Å². The first-order valence-electron chi connectivity index (χ1n) is 3.99. The van der Waals surface area contributed by atoms with E-state index in [9.17, 15) is 4.79 Å². The Labute approximate surface area is 89.7 Å². The maximum Gasteiger partial charge on any atom is 0.405 e. The Hall–Kier alpha value is -1.07. The van der Waals surface area contributed by atoms with E-state index in [1.54, 1.807) is 18.2 Å². The van der Waals surface area contributed by atoms with E-state index in [0.717, 1.165) is 10.0 Å². The van der Waals surface area contributed by atoms with Crippen molar-refractivity contribution in [2.45, 2.75) is 6.04 Å². The average molecular weight is 260 g/mol. The standard InChI is InChI=1S/C9H10BrNO3/c10-7-3-1-2-6(4-7)8(5-12)11-9(13)14/h1-4,8,11-12H,5H2,(H,13,14). The lowest BCUT2D eigenvalue weighted by Gasteiger charge is -2.14. The highest BCUT2D eigenvalue weighted by Crippen LogP contribution is 2.17. The Morgan fingerprint density at radius 3 is 2.79 bits per heavy atom. The van der Waals surface area contributed by atoms with Gasteiger partial charge in [0.15, 0.2) is 0 Å². The van der Waals surface area contributed by atoms with Gasteiger partial charge >= 0.3 is 6.09 Å². The first-order valence-corrected chi connectivity index (χ1v) is 4.78. The number of carboxylic acid groups (broad SMARTS) is 1. The number of aliphatic hydroxyl groups is 1. The van der Waals surface area contributed by atoms with Gasteiger partial charge in [-0.15, -0.1) is 0 Å². The van der Waals surface area contributed by atoms with Crippen LogP contribution in [0.4, 0.5) is 4.79 Å². The minimum absolute atomic E-state index is 0.261. The van der Waals surface area contributed by atoms with Crippen LogP contribution in [-0.2, 0) is 0 Å². The molecule has 4 nitrogen and oxygen atoms in total. The minimum atomic E-state index is -1.15. The number of aliphatic hydroxyl groups excluding tert-OH is 1. The highest BCUT2D eigenvalue weighted by molar-refractivity contribution is 9.10. The molecule has 1 unspecified atom stereocenters. The molecule has 1 aromatic rings. The molecular formula is C9H10BrNO3. The average Bonchev–Trinajstić information content (AvgIpc) is 2.14. The normalized spacial score (nSPS) is 12.1. The summed E-state index contributed by atoms with van der Waals surface area (Å²) in [7, 11) is 0. The van der Waals surface area contributed by atoms with Crippen molar-refractivity contribution in [3.05, 3.63) is 34.3 Å². The van der Waals surface area contributed by atoms with E-state index in [2.05, 4.69) is 21.2 Å². The Bertz CT molecular complexity index is 330. The lowest BCUT2D eigenvalue weighted by molar-refractivity contribution is 0.177. The third kappa shape index (κ3) is 3.01. The Morgan fingerprint density at radius 2 is 2.29 bits per heavy atom. The maximum atomic E-state index is 10.4. The topological polar surface area (TPSA) is 69.6 Å². The summed E-state index contributed by atoms with van der Waals surface area (Å²) in [5, 5.41) is 19.7. The van der Waals surface area contributed by atoms with Gasteiger partial charge in [0.05, 0.1) is 12.6 Å². The van der Waals surface area contributed by atoms with Gasteiger partial charge in [0.1, 0.15) is 0 Å². The van der Waals surface area contributed by atoms with Gasteiger partial charge in [-0.3, -0.25) is 0 Å². The molecule has 0 aliphatic carbocycles. The van der Waals surface area contributed by atoms with Crippen molar-refractivity contribution in [1.82, 2.24) is 5.32 Å². The summed E-state index contributed by atoms with van der Waals surface area (Å²) in [5.74, 6) is 0. The summed E-state index contributed by atoms with van der Waals surface area (Å²) in [6.45, 7) is -0.261. The molecule has 0 saturated heterocycles. The molecule has 0 aliphatic rings. The van der Waals surface area contributed by atoms with Gasteiger partial charge < -0.3 is 15.5 Å². The third-order valence-electron chi connectivity index (χ3n) is 1.73. The molecule has 0 aromatic heterocycles. The molecule has 1 rings (SSSR count). The van der Waals surface area contributed by atoms with E-state index < -0.39 is 12.1 Å². The van der Waals surface area contributed by atoms with Gasteiger partial charge in [0, 0.05) is 4.47 Å². The lowest BCUT2D eigenvalue weighted by Crippen LogP contribution is -2.29. The second kappa shape index (κ2) is 4.97. The second-order valence-corrected chi connectivity index (χ2v) is 3.66. The number of carbonyl (C=O) groups is 1. The van der Waals surface area contributed by atoms with Crippen molar-refractivity contribution in [1.29, 1.82) is 0 Å². The lowest BCUT2D eigenvalue weighted by atomic mass is 10.1. The molecule has 14 heavy (non-hydrogen) atoms. The maximum absolute atomic E-state index is 10.4. The van der Waals surface area contributed by atoms with Gasteiger partial charge in [0.25, 0.3) is 0 Å². The third-order valence-corrected chi connectivity index (χ3v) is 2.22. The van der Waals surface area contributed by atoms with E-state index in [0.29, 0.717) is 0 Å². The van der Waals surface area contributed by atoms with Crippen molar-refractivity contribution in [3.8, 4) is 0 Å². The summed E-state index contributed by atoms with van der Waals surface area (Å²) in [6, 6.07) is 6.55. The van der Waals surface area contributed by atoms with Gasteiger partial charge in [-0.1, -0.05) is 28.1 Å². The predicted octanol–water partition coefficient (Wildman–Crippen LogP) is 1.75. The Morgan fingerprint density at radius 1 is 1.57 bits per heavy atom. The van der Waals surface area contributed by atoms with Gasteiger partial charge in [0.2, 0.25) is 0 Å². The zero-order valence-electron chi connectivity index (χ0n) is 7.27. The monoisotopic (exact) mass is 259 g/mol. The van der Waals surface area contributed by atoms with E-state index >= 15 is 0 Å². The molecule has 76 valence electrons. The van der Waals surface area contributed by atoms with Crippen LogP contribution >= 0.6 is 15.9 Å². The highest BCUT2D eigenvalue weighted by atomic mass is 79.9. The van der Waals surface area contributed by atoms with Crippen LogP contribution in [0.3, 0.4) is 0 Å².